The van der Waals surface area contributed by atoms with Crippen molar-refractivity contribution in [3.63, 3.8) is 0 Å². The smallest absolute Gasteiger partial charge is 0.264 e. The molecule has 0 aliphatic carbocycles. The summed E-state index contributed by atoms with van der Waals surface area (Å²) in [4.78, 5) is 28.7. The first kappa shape index (κ1) is 30.2. The number of carbonyl (C=O) groups excluding carboxylic acids is 2. The normalized spacial score (nSPS) is 12.2. The Morgan fingerprint density at radius 2 is 1.62 bits per heavy atom. The van der Waals surface area contributed by atoms with Gasteiger partial charge >= 0.3 is 0 Å². The first-order chi connectivity index (χ1) is 18.5. The van der Waals surface area contributed by atoms with Crippen LogP contribution in [-0.4, -0.2) is 44.3 Å². The first-order valence-electron chi connectivity index (χ1n) is 13.0. The predicted octanol–water partition coefficient (Wildman–Crippen LogP) is 5.42. The van der Waals surface area contributed by atoms with E-state index in [-0.39, 0.29) is 29.0 Å². The second kappa shape index (κ2) is 13.6. The topological polar surface area (TPSA) is 86.8 Å². The Morgan fingerprint density at radius 3 is 2.21 bits per heavy atom. The molecule has 0 radical (unpaired) electrons. The number of nitrogens with zero attached hydrogens (tertiary/aromatic N) is 2. The monoisotopic (exact) mass is 569 g/mol. The zero-order chi connectivity index (χ0) is 28.6. The molecule has 0 spiro atoms. The molecule has 0 aliphatic heterocycles. The summed E-state index contributed by atoms with van der Waals surface area (Å²) in [7, 11) is -4.14. The van der Waals surface area contributed by atoms with Crippen LogP contribution in [0.3, 0.4) is 0 Å². The van der Waals surface area contributed by atoms with Crippen molar-refractivity contribution in [1.29, 1.82) is 0 Å². The van der Waals surface area contributed by atoms with Crippen LogP contribution in [0, 0.1) is 12.8 Å². The van der Waals surface area contributed by atoms with Gasteiger partial charge in [-0.25, -0.2) is 8.42 Å². The molecule has 3 aromatic carbocycles. The van der Waals surface area contributed by atoms with Crippen molar-refractivity contribution in [2.24, 2.45) is 5.92 Å². The Kier molecular flexibility index (Phi) is 10.5. The predicted molar refractivity (Wildman–Crippen MR) is 156 cm³/mol. The van der Waals surface area contributed by atoms with Crippen molar-refractivity contribution in [3.05, 3.63) is 95.0 Å². The van der Waals surface area contributed by atoms with E-state index in [9.17, 15) is 18.0 Å². The van der Waals surface area contributed by atoms with E-state index in [1.165, 1.54) is 23.1 Å². The minimum absolute atomic E-state index is 0.0530. The van der Waals surface area contributed by atoms with Gasteiger partial charge in [0.05, 0.1) is 10.6 Å². The summed E-state index contributed by atoms with van der Waals surface area (Å²) in [5.74, 6) is -0.532. The van der Waals surface area contributed by atoms with Crippen LogP contribution in [0.15, 0.2) is 83.8 Å². The Labute approximate surface area is 236 Å². The molecule has 1 atom stereocenters. The lowest BCUT2D eigenvalue weighted by Gasteiger charge is -2.33. The highest BCUT2D eigenvalue weighted by Crippen LogP contribution is 2.27. The molecule has 1 unspecified atom stereocenters. The van der Waals surface area contributed by atoms with Crippen molar-refractivity contribution < 1.29 is 18.0 Å². The van der Waals surface area contributed by atoms with Crippen LogP contribution in [0.1, 0.15) is 38.3 Å². The standard InChI is InChI=1S/C30H36ClN3O4S/c1-5-28(30(36)32-19-22(2)3)33(20-24-10-7-6-8-11-24)29(35)21-34(26-13-9-12-25(31)18-26)39(37,38)27-16-14-23(4)15-17-27/h6-18,22,28H,5,19-21H2,1-4H3,(H,32,36). The van der Waals surface area contributed by atoms with Crippen LogP contribution >= 0.6 is 11.6 Å². The number of nitrogens with one attached hydrogen (secondary N) is 1. The van der Waals surface area contributed by atoms with Crippen molar-refractivity contribution in [2.45, 2.75) is 51.6 Å². The fourth-order valence-corrected chi connectivity index (χ4v) is 5.71. The van der Waals surface area contributed by atoms with Crippen molar-refractivity contribution in [3.8, 4) is 0 Å². The molecule has 0 heterocycles. The number of hydrogen-bond donors (Lipinski definition) is 1. The van der Waals surface area contributed by atoms with Crippen molar-refractivity contribution in [1.82, 2.24) is 10.2 Å². The number of aryl methyl sites for hydroxylation is 1. The molecule has 2 amide bonds. The molecule has 7 nitrogen and oxygen atoms in total. The highest BCUT2D eigenvalue weighted by molar-refractivity contribution is 7.92. The van der Waals surface area contributed by atoms with Crippen LogP contribution in [0.5, 0.6) is 0 Å². The van der Waals surface area contributed by atoms with Crippen LogP contribution in [0.2, 0.25) is 5.02 Å². The summed E-state index contributed by atoms with van der Waals surface area (Å²) in [5.41, 5.74) is 2.00. The molecule has 0 saturated carbocycles. The van der Waals surface area contributed by atoms with E-state index in [2.05, 4.69) is 5.32 Å². The molecule has 9 heteroatoms. The average molecular weight is 570 g/mol. The zero-order valence-corrected chi connectivity index (χ0v) is 24.4. The van der Waals surface area contributed by atoms with Gasteiger partial charge in [0, 0.05) is 18.1 Å². The Morgan fingerprint density at radius 1 is 0.949 bits per heavy atom. The van der Waals surface area contributed by atoms with E-state index in [0.717, 1.165) is 15.4 Å². The molecule has 0 fully saturated rings. The number of sulfonamides is 1. The van der Waals surface area contributed by atoms with Gasteiger partial charge in [-0.3, -0.25) is 13.9 Å². The molecule has 3 aromatic rings. The second-order valence-corrected chi connectivity index (χ2v) is 12.2. The molecule has 0 saturated heterocycles. The summed E-state index contributed by atoms with van der Waals surface area (Å²) in [6.45, 7) is 7.81. The molecule has 1 N–H and O–H groups in total. The van der Waals surface area contributed by atoms with Gasteiger partial charge < -0.3 is 10.2 Å². The number of halogens is 1. The summed E-state index contributed by atoms with van der Waals surface area (Å²) in [6.07, 6.45) is 0.365. The van der Waals surface area contributed by atoms with Gasteiger partial charge in [-0.05, 0) is 55.2 Å². The number of benzene rings is 3. The maximum atomic E-state index is 14.0. The van der Waals surface area contributed by atoms with E-state index < -0.39 is 28.5 Å². The minimum atomic E-state index is -4.14. The first-order valence-corrected chi connectivity index (χ1v) is 14.8. The van der Waals surface area contributed by atoms with Crippen LogP contribution in [-0.2, 0) is 26.2 Å². The summed E-state index contributed by atoms with van der Waals surface area (Å²) >= 11 is 6.22. The molecule has 0 aliphatic rings. The average Bonchev–Trinajstić information content (AvgIpc) is 2.91. The maximum Gasteiger partial charge on any atom is 0.264 e. The van der Waals surface area contributed by atoms with Gasteiger partial charge in [-0.2, -0.15) is 0 Å². The van der Waals surface area contributed by atoms with Crippen LogP contribution in [0.25, 0.3) is 0 Å². The number of carbonyl (C=O) groups is 2. The van der Waals surface area contributed by atoms with Gasteiger partial charge in [0.25, 0.3) is 10.0 Å². The number of rotatable bonds is 12. The molecule has 39 heavy (non-hydrogen) atoms. The van der Waals surface area contributed by atoms with E-state index in [4.69, 9.17) is 11.6 Å². The molecule has 0 aromatic heterocycles. The fourth-order valence-electron chi connectivity index (χ4n) is 4.12. The molecule has 3 rings (SSSR count). The van der Waals surface area contributed by atoms with Crippen molar-refractivity contribution in [2.75, 3.05) is 17.4 Å². The Hall–Kier alpha value is -3.36. The van der Waals surface area contributed by atoms with Gasteiger partial charge in [0.2, 0.25) is 11.8 Å². The molecular formula is C30H36ClN3O4S. The van der Waals surface area contributed by atoms with E-state index in [1.54, 1.807) is 30.3 Å². The summed E-state index contributed by atoms with van der Waals surface area (Å²) in [5, 5.41) is 3.26. The Balaban J connectivity index is 2.03. The molecule has 208 valence electrons. The minimum Gasteiger partial charge on any atom is -0.354 e. The van der Waals surface area contributed by atoms with E-state index in [0.29, 0.717) is 18.0 Å². The van der Waals surface area contributed by atoms with Gasteiger partial charge in [-0.1, -0.05) is 86.5 Å². The SMILES string of the molecule is CCC(C(=O)NCC(C)C)N(Cc1ccccc1)C(=O)CN(c1cccc(Cl)c1)S(=O)(=O)c1ccc(C)cc1. The summed E-state index contributed by atoms with van der Waals surface area (Å²) in [6, 6.07) is 21.4. The largest absolute Gasteiger partial charge is 0.354 e. The Bertz CT molecular complexity index is 1360. The highest BCUT2D eigenvalue weighted by Gasteiger charge is 2.33. The van der Waals surface area contributed by atoms with Gasteiger partial charge in [-0.15, -0.1) is 0 Å². The lowest BCUT2D eigenvalue weighted by Crippen LogP contribution is -2.52. The maximum absolute atomic E-state index is 14.0. The number of amides is 2. The number of anilines is 1. The lowest BCUT2D eigenvalue weighted by atomic mass is 10.1. The van der Waals surface area contributed by atoms with E-state index in [1.807, 2.05) is 58.0 Å². The third-order valence-corrected chi connectivity index (χ3v) is 8.27. The highest BCUT2D eigenvalue weighted by atomic mass is 35.5. The van der Waals surface area contributed by atoms with E-state index >= 15 is 0 Å². The van der Waals surface area contributed by atoms with Gasteiger partial charge in [0.1, 0.15) is 12.6 Å². The third-order valence-electron chi connectivity index (χ3n) is 6.25. The zero-order valence-electron chi connectivity index (χ0n) is 22.8. The van der Waals surface area contributed by atoms with Gasteiger partial charge in [0.15, 0.2) is 0 Å². The van der Waals surface area contributed by atoms with Crippen LogP contribution in [0.4, 0.5) is 5.69 Å². The summed E-state index contributed by atoms with van der Waals surface area (Å²) < 4.78 is 28.8. The fraction of sp³-hybridized carbons (Fsp3) is 0.333. The second-order valence-electron chi connectivity index (χ2n) is 9.87. The quantitative estimate of drug-likeness (QED) is 0.315. The van der Waals surface area contributed by atoms with Crippen molar-refractivity contribution >= 4 is 39.1 Å². The molecule has 0 bridgehead atoms. The van der Waals surface area contributed by atoms with Crippen LogP contribution < -0.4 is 9.62 Å². The third kappa shape index (κ3) is 8.07. The number of hydrogen-bond acceptors (Lipinski definition) is 4. The molecular weight excluding hydrogens is 534 g/mol. The lowest BCUT2D eigenvalue weighted by molar-refractivity contribution is -0.140.